The molecule has 1 unspecified atom stereocenters. The van der Waals surface area contributed by atoms with Gasteiger partial charge in [-0.25, -0.2) is 5.01 Å². The first-order chi connectivity index (χ1) is 23.6. The van der Waals surface area contributed by atoms with E-state index in [2.05, 4.69) is 151 Å². The van der Waals surface area contributed by atoms with Crippen LogP contribution < -0.4 is 15.8 Å². The van der Waals surface area contributed by atoms with Gasteiger partial charge in [0.1, 0.15) is 5.69 Å². The Morgan fingerprint density at radius 1 is 0.708 bits per heavy atom. The van der Waals surface area contributed by atoms with E-state index in [1.165, 1.54) is 42.4 Å². The van der Waals surface area contributed by atoms with E-state index >= 15 is 0 Å². The number of nitrogen functional groups attached to an aromatic ring is 1. The number of fused-ring (bicyclic) bond motifs is 4. The van der Waals surface area contributed by atoms with Gasteiger partial charge in [-0.05, 0) is 70.7 Å². The number of hydrogen-bond donors (Lipinski definition) is 2. The fourth-order valence-electron chi connectivity index (χ4n) is 6.26. The van der Waals surface area contributed by atoms with Gasteiger partial charge in [-0.2, -0.15) is 5.84 Å². The number of allylic oxidation sites excluding steroid dienone is 4. The minimum absolute atomic E-state index is 0.871. The Morgan fingerprint density at radius 2 is 1.42 bits per heavy atom. The zero-order chi connectivity index (χ0) is 32.9. The summed E-state index contributed by atoms with van der Waals surface area (Å²) in [7, 11) is 1.90. The fourth-order valence-corrected chi connectivity index (χ4v) is 7.50. The minimum Gasteiger partial charge on any atom is -0.317 e. The summed E-state index contributed by atoms with van der Waals surface area (Å²) in [4.78, 5) is 2.24. The summed E-state index contributed by atoms with van der Waals surface area (Å²) in [5.41, 5.74) is 10.7. The number of quaternary nitrogens is 1. The van der Waals surface area contributed by atoms with E-state index in [9.17, 15) is 0 Å². The molecule has 0 amide bonds. The number of nitrogens with zero attached hydrogens (tertiary/aromatic N) is 1. The van der Waals surface area contributed by atoms with Crippen LogP contribution in [0.3, 0.4) is 0 Å². The molecule has 1 aliphatic rings. The number of rotatable bonds is 5. The van der Waals surface area contributed by atoms with Gasteiger partial charge in [0.25, 0.3) is 0 Å². The number of benzene rings is 6. The smallest absolute Gasteiger partial charge is 0.149 e. The highest BCUT2D eigenvalue weighted by Crippen LogP contribution is 2.43. The topological polar surface area (TPSA) is 33.7 Å². The maximum Gasteiger partial charge on any atom is 0.149 e. The van der Waals surface area contributed by atoms with Crippen LogP contribution in [0.1, 0.15) is 16.7 Å². The molecular formula is C44H38N3S+. The molecule has 1 aromatic heterocycles. The molecule has 6 aromatic carbocycles. The molecule has 0 aliphatic carbocycles. The molecule has 0 saturated carbocycles. The van der Waals surface area contributed by atoms with Crippen LogP contribution in [0.5, 0.6) is 0 Å². The van der Waals surface area contributed by atoms with Crippen molar-refractivity contribution in [1.82, 2.24) is 0 Å². The van der Waals surface area contributed by atoms with Gasteiger partial charge < -0.3 is 4.90 Å². The highest BCUT2D eigenvalue weighted by molar-refractivity contribution is 7.26. The number of anilines is 2. The highest BCUT2D eigenvalue weighted by Gasteiger charge is 2.18. The summed E-state index contributed by atoms with van der Waals surface area (Å²) in [5, 5.41) is 3.54. The molecule has 48 heavy (non-hydrogen) atoms. The molecule has 3 N–H and O–H groups in total. The zero-order valence-corrected chi connectivity index (χ0v) is 27.8. The van der Waals surface area contributed by atoms with Gasteiger partial charge in [0.2, 0.25) is 0 Å². The molecule has 1 aliphatic heterocycles. The predicted octanol–water partition coefficient (Wildman–Crippen LogP) is 10.3. The monoisotopic (exact) mass is 640 g/mol. The number of para-hydroxylation sites is 2. The molecule has 0 radical (unpaired) electrons. The van der Waals surface area contributed by atoms with Crippen LogP contribution in [0.2, 0.25) is 0 Å². The van der Waals surface area contributed by atoms with Gasteiger partial charge in [-0.3, -0.25) is 0 Å². The van der Waals surface area contributed by atoms with E-state index in [-0.39, 0.29) is 0 Å². The molecule has 7 aromatic rings. The van der Waals surface area contributed by atoms with Crippen LogP contribution in [-0.4, -0.2) is 7.05 Å². The maximum atomic E-state index is 5.53. The minimum atomic E-state index is 0.871. The highest BCUT2D eigenvalue weighted by atomic mass is 32.1. The Bertz CT molecular complexity index is 2250. The van der Waals surface area contributed by atoms with Gasteiger partial charge in [0.05, 0.1) is 12.7 Å². The van der Waals surface area contributed by atoms with Crippen molar-refractivity contribution in [1.29, 1.82) is 0 Å². The Morgan fingerprint density at radius 3 is 2.15 bits per heavy atom. The Balaban J connectivity index is 0.000000353. The average Bonchev–Trinajstić information content (AvgIpc) is 3.52. The summed E-state index contributed by atoms with van der Waals surface area (Å²) < 4.78 is 2.70. The molecule has 0 bridgehead atoms. The van der Waals surface area contributed by atoms with Crippen molar-refractivity contribution in [2.45, 2.75) is 6.42 Å². The Hall–Kier alpha value is -5.52. The fraction of sp³-hybridized carbons (Fsp3) is 0.0455. The first-order valence-electron chi connectivity index (χ1n) is 16.2. The standard InChI is InChI=1S/C37H27NS.C7H10N2/c1-26-12-8-9-23-38(30-16-6-3-7-17-30)34-22-21-28(25-33(26)34)31-18-11-20-35-36(31)32-19-10-15-29(37(32)39-35)24-27-13-4-2-5-14-27;1-9(8)7-5-3-2-4-6-7/h2-23,25H,1,24H2;2-6H,8H2,1H3/p+1/b12-8-,23-9-;. The van der Waals surface area contributed by atoms with E-state index in [4.69, 9.17) is 5.84 Å². The lowest BCUT2D eigenvalue weighted by atomic mass is 9.93. The molecule has 234 valence electrons. The van der Waals surface area contributed by atoms with Gasteiger partial charge in [0, 0.05) is 49.8 Å². The van der Waals surface area contributed by atoms with Crippen molar-refractivity contribution in [2.24, 2.45) is 5.84 Å². The van der Waals surface area contributed by atoms with Crippen molar-refractivity contribution in [3.63, 3.8) is 0 Å². The lowest BCUT2D eigenvalue weighted by Crippen LogP contribution is -3.10. The number of thiophene rings is 1. The third kappa shape index (κ3) is 6.51. The van der Waals surface area contributed by atoms with E-state index in [0.29, 0.717) is 0 Å². The van der Waals surface area contributed by atoms with E-state index in [0.717, 1.165) is 39.6 Å². The van der Waals surface area contributed by atoms with E-state index < -0.39 is 0 Å². The van der Waals surface area contributed by atoms with Gasteiger partial charge in [0.15, 0.2) is 0 Å². The molecule has 2 heterocycles. The number of hydrogen-bond acceptors (Lipinski definition) is 3. The quantitative estimate of drug-likeness (QED) is 0.145. The second-order valence-corrected chi connectivity index (χ2v) is 13.0. The number of nitrogens with two attached hydrogens (primary N) is 1. The van der Waals surface area contributed by atoms with Crippen molar-refractivity contribution in [3.05, 3.63) is 193 Å². The molecular weight excluding hydrogens is 603 g/mol. The molecule has 1 atom stereocenters. The van der Waals surface area contributed by atoms with Crippen LogP contribution in [-0.2, 0) is 6.42 Å². The third-order valence-corrected chi connectivity index (χ3v) is 9.91. The van der Waals surface area contributed by atoms with Crippen LogP contribution in [0.15, 0.2) is 177 Å². The van der Waals surface area contributed by atoms with Crippen molar-refractivity contribution >= 4 is 54.1 Å². The molecule has 3 nitrogen and oxygen atoms in total. The van der Waals surface area contributed by atoms with Crippen LogP contribution in [0.25, 0.3) is 36.9 Å². The normalized spacial score (nSPS) is 14.4. The van der Waals surface area contributed by atoms with Crippen molar-refractivity contribution < 1.29 is 5.01 Å². The second kappa shape index (κ2) is 14.1. The van der Waals surface area contributed by atoms with Crippen molar-refractivity contribution in [3.8, 4) is 11.1 Å². The number of nitrogens with one attached hydrogen (secondary N) is 1. The molecule has 0 fully saturated rings. The van der Waals surface area contributed by atoms with Crippen LogP contribution in [0.4, 0.5) is 17.1 Å². The second-order valence-electron chi connectivity index (χ2n) is 11.9. The van der Waals surface area contributed by atoms with E-state index in [1.54, 1.807) is 0 Å². The average molecular weight is 641 g/mol. The summed E-state index contributed by atoms with van der Waals surface area (Å²) in [6.07, 6.45) is 9.29. The largest absolute Gasteiger partial charge is 0.317 e. The van der Waals surface area contributed by atoms with Crippen LogP contribution in [0, 0.1) is 0 Å². The first kappa shape index (κ1) is 31.1. The SMILES string of the molecule is C=C1/C=C\C=C/N(c2ccccc2)c2ccc(-c3cccc4sc5c(Cc6ccccc6)cccc5c34)cc21.C[NH+](N)c1ccccc1. The summed E-state index contributed by atoms with van der Waals surface area (Å²) in [5.74, 6) is 5.53. The summed E-state index contributed by atoms with van der Waals surface area (Å²) in [6, 6.07) is 51.4. The molecule has 0 saturated heterocycles. The Labute approximate surface area is 286 Å². The lowest BCUT2D eigenvalue weighted by molar-refractivity contribution is -0.823. The summed E-state index contributed by atoms with van der Waals surface area (Å²) >= 11 is 1.90. The first-order valence-corrected chi connectivity index (χ1v) is 17.0. The molecule has 8 rings (SSSR count). The van der Waals surface area contributed by atoms with Crippen molar-refractivity contribution in [2.75, 3.05) is 11.9 Å². The lowest BCUT2D eigenvalue weighted by Gasteiger charge is -2.25. The molecule has 0 spiro atoms. The Kier molecular flexibility index (Phi) is 9.12. The van der Waals surface area contributed by atoms with Gasteiger partial charge in [-0.15, -0.1) is 11.3 Å². The van der Waals surface area contributed by atoms with Gasteiger partial charge >= 0.3 is 0 Å². The third-order valence-electron chi connectivity index (χ3n) is 8.66. The zero-order valence-electron chi connectivity index (χ0n) is 27.0. The maximum absolute atomic E-state index is 5.53. The van der Waals surface area contributed by atoms with E-state index in [1.807, 2.05) is 48.7 Å². The molecule has 4 heteroatoms. The van der Waals surface area contributed by atoms with Crippen LogP contribution >= 0.6 is 11.3 Å². The predicted molar refractivity (Wildman–Crippen MR) is 207 cm³/mol. The summed E-state index contributed by atoms with van der Waals surface area (Å²) in [6.45, 7) is 4.43. The van der Waals surface area contributed by atoms with Gasteiger partial charge in [-0.1, -0.05) is 122 Å².